The summed E-state index contributed by atoms with van der Waals surface area (Å²) in [5, 5.41) is 12.0. The number of unbranched alkanes of at least 4 members (excludes halogenated alkanes) is 23. The van der Waals surface area contributed by atoms with Crippen molar-refractivity contribution < 1.29 is 24.2 Å². The zero-order valence-electron chi connectivity index (χ0n) is 40.5. The molecule has 0 aliphatic rings. The van der Waals surface area contributed by atoms with Crippen LogP contribution in [-0.4, -0.2) is 41.6 Å². The lowest BCUT2D eigenvalue weighted by Gasteiger charge is -2.18. The number of carboxylic acid groups (broad SMARTS) is 1. The molecule has 0 fully saturated rings. The molecule has 62 heavy (non-hydrogen) atoms. The summed E-state index contributed by atoms with van der Waals surface area (Å²) in [6.07, 6.45) is 62.8. The molecule has 0 saturated heterocycles. The van der Waals surface area contributed by atoms with Crippen LogP contribution in [0.15, 0.2) is 60.8 Å². The number of esters is 1. The van der Waals surface area contributed by atoms with E-state index >= 15 is 0 Å². The minimum absolute atomic E-state index is 0.0234. The summed E-state index contributed by atoms with van der Waals surface area (Å²) in [5.74, 6) is -1.25. The fraction of sp³-hybridized carbons (Fsp3) is 0.764. The van der Waals surface area contributed by atoms with Gasteiger partial charge in [0, 0.05) is 12.8 Å². The Morgan fingerprint density at radius 2 is 0.903 bits per heavy atom. The Balaban J connectivity index is 4.25. The van der Waals surface area contributed by atoms with Crippen LogP contribution in [0.4, 0.5) is 0 Å². The van der Waals surface area contributed by atoms with E-state index in [1.54, 1.807) is 0 Å². The summed E-state index contributed by atoms with van der Waals surface area (Å²) in [6, 6.07) is -0.861. The van der Waals surface area contributed by atoms with Gasteiger partial charge in [0.2, 0.25) is 5.91 Å². The number of hydrogen-bond donors (Lipinski definition) is 3. The summed E-state index contributed by atoms with van der Waals surface area (Å²) in [4.78, 5) is 36.6. The van der Waals surface area contributed by atoms with Crippen LogP contribution in [0.1, 0.15) is 251 Å². The fourth-order valence-corrected chi connectivity index (χ4v) is 7.68. The summed E-state index contributed by atoms with van der Waals surface area (Å²) < 4.78 is 6.07. The number of aliphatic carboxylic acids is 1. The maximum Gasteiger partial charge on any atom is 0.326 e. The van der Waals surface area contributed by atoms with Gasteiger partial charge in [-0.15, -0.1) is 0 Å². The molecule has 0 saturated carbocycles. The Hall–Kier alpha value is -2.93. The molecule has 0 aromatic rings. The van der Waals surface area contributed by atoms with Crippen LogP contribution in [0.2, 0.25) is 0 Å². The van der Waals surface area contributed by atoms with E-state index in [-0.39, 0.29) is 18.0 Å². The number of hydrogen-bond acceptors (Lipinski definition) is 5. The van der Waals surface area contributed by atoms with Gasteiger partial charge < -0.3 is 20.9 Å². The molecule has 2 unspecified atom stereocenters. The van der Waals surface area contributed by atoms with Crippen molar-refractivity contribution in [3.05, 3.63) is 60.8 Å². The molecule has 7 heteroatoms. The van der Waals surface area contributed by atoms with Crippen LogP contribution in [0.5, 0.6) is 0 Å². The topological polar surface area (TPSA) is 119 Å². The second-order valence-electron chi connectivity index (χ2n) is 17.5. The second-order valence-corrected chi connectivity index (χ2v) is 17.5. The number of nitrogens with two attached hydrogens (primary N) is 1. The van der Waals surface area contributed by atoms with Gasteiger partial charge in [0.05, 0.1) is 0 Å². The lowest BCUT2D eigenvalue weighted by Crippen LogP contribution is -2.40. The molecule has 0 heterocycles. The lowest BCUT2D eigenvalue weighted by molar-refractivity contribution is -0.150. The minimum Gasteiger partial charge on any atom is -0.480 e. The highest BCUT2D eigenvalue weighted by molar-refractivity contribution is 5.83. The van der Waals surface area contributed by atoms with E-state index in [4.69, 9.17) is 10.5 Å². The molecule has 4 N–H and O–H groups in total. The molecule has 0 aliphatic heterocycles. The monoisotopic (exact) mass is 867 g/mol. The average Bonchev–Trinajstić information content (AvgIpc) is 3.26. The van der Waals surface area contributed by atoms with Crippen molar-refractivity contribution in [3.8, 4) is 0 Å². The van der Waals surface area contributed by atoms with Crippen molar-refractivity contribution in [2.45, 2.75) is 264 Å². The number of nitrogens with one attached hydrogen (secondary N) is 1. The van der Waals surface area contributed by atoms with Gasteiger partial charge in [-0.05, 0) is 116 Å². The first-order valence-electron chi connectivity index (χ1n) is 26.1. The summed E-state index contributed by atoms with van der Waals surface area (Å²) in [7, 11) is 0. The third kappa shape index (κ3) is 45.1. The van der Waals surface area contributed by atoms with Gasteiger partial charge in [0.25, 0.3) is 0 Å². The first kappa shape index (κ1) is 59.1. The van der Waals surface area contributed by atoms with Crippen molar-refractivity contribution in [1.29, 1.82) is 0 Å². The van der Waals surface area contributed by atoms with Crippen LogP contribution < -0.4 is 11.1 Å². The molecule has 0 bridgehead atoms. The maximum absolute atomic E-state index is 12.9. The van der Waals surface area contributed by atoms with Crippen molar-refractivity contribution in [2.24, 2.45) is 5.73 Å². The number of carbonyl (C=O) groups excluding carboxylic acids is 2. The molecule has 0 aromatic heterocycles. The highest BCUT2D eigenvalue weighted by Gasteiger charge is 2.19. The van der Waals surface area contributed by atoms with Gasteiger partial charge in [-0.25, -0.2) is 4.79 Å². The Labute approximate surface area is 382 Å². The lowest BCUT2D eigenvalue weighted by atomic mass is 10.0. The number of amides is 1. The summed E-state index contributed by atoms with van der Waals surface area (Å²) in [5.41, 5.74) is 5.50. The zero-order chi connectivity index (χ0) is 45.2. The van der Waals surface area contributed by atoms with E-state index in [2.05, 4.69) is 79.9 Å². The Morgan fingerprint density at radius 3 is 1.42 bits per heavy atom. The molecule has 0 rings (SSSR count). The van der Waals surface area contributed by atoms with E-state index in [0.29, 0.717) is 32.2 Å². The molecule has 0 radical (unpaired) electrons. The normalized spacial score (nSPS) is 13.1. The van der Waals surface area contributed by atoms with E-state index in [9.17, 15) is 19.5 Å². The zero-order valence-corrected chi connectivity index (χ0v) is 40.5. The highest BCUT2D eigenvalue weighted by Crippen LogP contribution is 2.18. The average molecular weight is 867 g/mol. The van der Waals surface area contributed by atoms with Crippen LogP contribution in [-0.2, 0) is 19.1 Å². The molecule has 0 spiro atoms. The maximum atomic E-state index is 12.9. The van der Waals surface area contributed by atoms with Crippen LogP contribution in [0.25, 0.3) is 0 Å². The second kappa shape index (κ2) is 49.1. The predicted molar refractivity (Wildman–Crippen MR) is 266 cm³/mol. The Morgan fingerprint density at radius 1 is 0.484 bits per heavy atom. The molecular weight excluding hydrogens is 769 g/mol. The number of carbonyl (C=O) groups is 3. The number of carboxylic acids is 1. The van der Waals surface area contributed by atoms with Gasteiger partial charge in [-0.3, -0.25) is 9.59 Å². The quantitative estimate of drug-likeness (QED) is 0.0318. The van der Waals surface area contributed by atoms with Crippen molar-refractivity contribution in [1.82, 2.24) is 5.32 Å². The predicted octanol–water partition coefficient (Wildman–Crippen LogP) is 15.7. The number of ether oxygens (including phenoxy) is 1. The molecule has 358 valence electrons. The van der Waals surface area contributed by atoms with E-state index in [1.165, 1.54) is 109 Å². The SMILES string of the molecule is CC/C=C\C/C=C\C/C=C\C/C=C\CCCCCCCCCCCCC(=O)OC(CCC/C=C\CCCCCCCCCC)CCCCCCCC(=O)NC(CCCN)C(=O)O. The molecule has 0 aromatic carbocycles. The number of rotatable bonds is 47. The Kier molecular flexibility index (Phi) is 46.8. The van der Waals surface area contributed by atoms with Crippen molar-refractivity contribution in [3.63, 3.8) is 0 Å². The third-order valence-corrected chi connectivity index (χ3v) is 11.6. The van der Waals surface area contributed by atoms with Crippen LogP contribution in [0, 0.1) is 0 Å². The molecule has 1 amide bonds. The number of allylic oxidation sites excluding steroid dienone is 10. The first-order valence-corrected chi connectivity index (χ1v) is 26.1. The van der Waals surface area contributed by atoms with Crippen LogP contribution in [0.3, 0.4) is 0 Å². The summed E-state index contributed by atoms with van der Waals surface area (Å²) in [6.45, 7) is 4.84. The van der Waals surface area contributed by atoms with Crippen LogP contribution >= 0.6 is 0 Å². The molecule has 7 nitrogen and oxygen atoms in total. The van der Waals surface area contributed by atoms with Gasteiger partial charge in [-0.1, -0.05) is 190 Å². The smallest absolute Gasteiger partial charge is 0.326 e. The minimum atomic E-state index is -1.01. The third-order valence-electron chi connectivity index (χ3n) is 11.6. The van der Waals surface area contributed by atoms with E-state index in [0.717, 1.165) is 103 Å². The van der Waals surface area contributed by atoms with Crippen molar-refractivity contribution >= 4 is 17.8 Å². The van der Waals surface area contributed by atoms with Gasteiger partial charge in [0.1, 0.15) is 12.1 Å². The van der Waals surface area contributed by atoms with Gasteiger partial charge >= 0.3 is 11.9 Å². The molecular formula is C55H98N2O5. The standard InChI is InChI=1S/C55H98N2O5/c1-3-5-7-9-11-13-15-17-18-19-20-21-22-23-24-25-26-28-30-32-34-39-43-49-54(59)62-51(45-40-36-33-31-29-27-16-14-12-10-8-6-4-2)46-41-37-35-38-42-48-53(58)57-52(55(60)61)47-44-50-56/h5,7,11,13,17-18,20-21,31,33,51-52H,3-4,6,8-10,12,14-16,19,22-30,32,34-50,56H2,1-2H3,(H,57,58)(H,60,61)/b7-5-,13-11-,18-17-,21-20-,33-31-. The molecule has 0 aliphatic carbocycles. The highest BCUT2D eigenvalue weighted by atomic mass is 16.5. The Bertz CT molecular complexity index is 1160. The first-order chi connectivity index (χ1) is 30.4. The van der Waals surface area contributed by atoms with Crippen molar-refractivity contribution in [2.75, 3.05) is 6.54 Å². The van der Waals surface area contributed by atoms with E-state index < -0.39 is 12.0 Å². The van der Waals surface area contributed by atoms with Gasteiger partial charge in [0.15, 0.2) is 0 Å². The largest absolute Gasteiger partial charge is 0.480 e. The fourth-order valence-electron chi connectivity index (χ4n) is 7.68. The molecule has 2 atom stereocenters. The van der Waals surface area contributed by atoms with Gasteiger partial charge in [-0.2, -0.15) is 0 Å². The summed E-state index contributed by atoms with van der Waals surface area (Å²) >= 11 is 0. The van der Waals surface area contributed by atoms with E-state index in [1.807, 2.05) is 0 Å².